The topological polar surface area (TPSA) is 129 Å². The first-order chi connectivity index (χ1) is 11.6. The molecule has 0 bridgehead atoms. The van der Waals surface area contributed by atoms with Crippen molar-refractivity contribution in [2.24, 2.45) is 0 Å². The largest absolute Gasteiger partial charge is 0.511 e. The number of sulfonamides is 1. The summed E-state index contributed by atoms with van der Waals surface area (Å²) >= 11 is 0. The maximum Gasteiger partial charge on any atom is 0.511 e. The van der Waals surface area contributed by atoms with Crippen molar-refractivity contribution in [3.63, 3.8) is 0 Å². The Morgan fingerprint density at radius 2 is 2.08 bits per heavy atom. The molecule has 0 saturated carbocycles. The summed E-state index contributed by atoms with van der Waals surface area (Å²) in [7, 11) is -5.31. The van der Waals surface area contributed by atoms with E-state index in [9.17, 15) is 21.6 Å². The SMILES string of the molecule is Cc1ncc(Cn2cc(CCCNS(=O)(=O)C(F)(F)F)nn2)c(N)n1. The van der Waals surface area contributed by atoms with Gasteiger partial charge in [0.2, 0.25) is 0 Å². The molecule has 13 heteroatoms. The molecule has 3 N–H and O–H groups in total. The molecule has 0 aliphatic heterocycles. The first-order valence-electron chi connectivity index (χ1n) is 7.11. The predicted octanol–water partition coefficient (Wildman–Crippen LogP) is 0.379. The van der Waals surface area contributed by atoms with Gasteiger partial charge in [0, 0.05) is 24.5 Å². The monoisotopic (exact) mass is 379 g/mol. The minimum Gasteiger partial charge on any atom is -0.383 e. The standard InChI is InChI=1S/C12H16F3N7O2S/c1-8-17-5-9(11(16)19-8)6-22-7-10(20-21-22)3-2-4-18-25(23,24)12(13,14)15/h5,7,18H,2-4,6H2,1H3,(H2,16,17,19). The zero-order valence-corrected chi connectivity index (χ0v) is 14.0. The van der Waals surface area contributed by atoms with Crippen LogP contribution in [0, 0.1) is 6.92 Å². The van der Waals surface area contributed by atoms with Crippen LogP contribution >= 0.6 is 0 Å². The highest BCUT2D eigenvalue weighted by atomic mass is 32.2. The Bertz CT molecular complexity index is 835. The highest BCUT2D eigenvalue weighted by Crippen LogP contribution is 2.21. The van der Waals surface area contributed by atoms with Gasteiger partial charge in [0.05, 0.1) is 12.2 Å². The van der Waals surface area contributed by atoms with Crippen LogP contribution in [0.5, 0.6) is 0 Å². The Hall–Kier alpha value is -2.28. The van der Waals surface area contributed by atoms with Gasteiger partial charge in [-0.05, 0) is 19.8 Å². The van der Waals surface area contributed by atoms with Crippen molar-refractivity contribution in [3.05, 3.63) is 29.5 Å². The number of alkyl halides is 3. The number of nitrogens with one attached hydrogen (secondary N) is 1. The summed E-state index contributed by atoms with van der Waals surface area (Å²) in [5, 5.41) is 7.75. The van der Waals surface area contributed by atoms with Crippen LogP contribution in [0.15, 0.2) is 12.4 Å². The summed E-state index contributed by atoms with van der Waals surface area (Å²) in [5.74, 6) is 0.868. The van der Waals surface area contributed by atoms with Crippen LogP contribution in [0.2, 0.25) is 0 Å². The first-order valence-corrected chi connectivity index (χ1v) is 8.60. The third kappa shape index (κ3) is 5.09. The van der Waals surface area contributed by atoms with E-state index in [2.05, 4.69) is 20.3 Å². The van der Waals surface area contributed by atoms with E-state index in [0.29, 0.717) is 29.4 Å². The van der Waals surface area contributed by atoms with Crippen LogP contribution in [0.25, 0.3) is 0 Å². The van der Waals surface area contributed by atoms with Crippen LogP contribution in [-0.2, 0) is 23.0 Å². The molecule has 9 nitrogen and oxygen atoms in total. The summed E-state index contributed by atoms with van der Waals surface area (Å²) in [6, 6.07) is 0. The van der Waals surface area contributed by atoms with E-state index in [4.69, 9.17) is 5.73 Å². The summed E-state index contributed by atoms with van der Waals surface area (Å²) < 4.78 is 61.1. The van der Waals surface area contributed by atoms with Crippen molar-refractivity contribution in [2.45, 2.75) is 31.8 Å². The number of hydrogen-bond donors (Lipinski definition) is 2. The minimum absolute atomic E-state index is 0.143. The van der Waals surface area contributed by atoms with Gasteiger partial charge in [-0.15, -0.1) is 5.10 Å². The molecule has 0 spiro atoms. The second-order valence-corrected chi connectivity index (χ2v) is 6.94. The van der Waals surface area contributed by atoms with Gasteiger partial charge in [0.15, 0.2) is 0 Å². The maximum atomic E-state index is 12.2. The molecule has 138 valence electrons. The van der Waals surface area contributed by atoms with E-state index in [0.717, 1.165) is 0 Å². The van der Waals surface area contributed by atoms with Gasteiger partial charge in [-0.2, -0.15) is 13.2 Å². The lowest BCUT2D eigenvalue weighted by atomic mass is 10.2. The van der Waals surface area contributed by atoms with E-state index in [1.54, 1.807) is 19.3 Å². The molecule has 2 aromatic heterocycles. The van der Waals surface area contributed by atoms with Crippen LogP contribution in [0.3, 0.4) is 0 Å². The zero-order chi connectivity index (χ0) is 18.7. The van der Waals surface area contributed by atoms with Crippen molar-refractivity contribution < 1.29 is 21.6 Å². The smallest absolute Gasteiger partial charge is 0.383 e. The van der Waals surface area contributed by atoms with Crippen LogP contribution in [0.1, 0.15) is 23.5 Å². The number of anilines is 1. The summed E-state index contributed by atoms with van der Waals surface area (Å²) in [6.45, 7) is 1.65. The van der Waals surface area contributed by atoms with Crippen LogP contribution in [0.4, 0.5) is 19.0 Å². The van der Waals surface area contributed by atoms with Gasteiger partial charge in [0.25, 0.3) is 0 Å². The Kier molecular flexibility index (Phi) is 5.57. The third-order valence-corrected chi connectivity index (χ3v) is 4.34. The van der Waals surface area contributed by atoms with E-state index in [1.807, 2.05) is 0 Å². The van der Waals surface area contributed by atoms with Crippen molar-refractivity contribution in [2.75, 3.05) is 12.3 Å². The molecule has 0 aliphatic carbocycles. The fraction of sp³-hybridized carbons (Fsp3) is 0.500. The number of rotatable bonds is 7. The lowest BCUT2D eigenvalue weighted by Gasteiger charge is -2.08. The number of halogens is 3. The summed E-state index contributed by atoms with van der Waals surface area (Å²) in [6.07, 6.45) is 3.58. The van der Waals surface area contributed by atoms with Crippen molar-refractivity contribution in [1.29, 1.82) is 0 Å². The maximum absolute atomic E-state index is 12.2. The average molecular weight is 379 g/mol. The van der Waals surface area contributed by atoms with Crippen molar-refractivity contribution in [3.8, 4) is 0 Å². The molecular weight excluding hydrogens is 363 g/mol. The van der Waals surface area contributed by atoms with Gasteiger partial charge in [-0.1, -0.05) is 5.21 Å². The van der Waals surface area contributed by atoms with Gasteiger partial charge in [-0.3, -0.25) is 0 Å². The predicted molar refractivity (Wildman–Crippen MR) is 81.6 cm³/mol. The summed E-state index contributed by atoms with van der Waals surface area (Å²) in [5.41, 5.74) is 1.63. The molecule has 0 aliphatic rings. The highest BCUT2D eigenvalue weighted by molar-refractivity contribution is 7.90. The fourth-order valence-corrected chi connectivity index (χ4v) is 2.47. The fourth-order valence-electron chi connectivity index (χ4n) is 1.90. The molecule has 2 heterocycles. The van der Waals surface area contributed by atoms with E-state index in [-0.39, 0.29) is 19.4 Å². The molecule has 0 saturated heterocycles. The normalized spacial score (nSPS) is 12.5. The Morgan fingerprint density at radius 3 is 2.72 bits per heavy atom. The van der Waals surface area contributed by atoms with Crippen LogP contribution in [-0.4, -0.2) is 45.4 Å². The second kappa shape index (κ2) is 7.31. The molecule has 25 heavy (non-hydrogen) atoms. The minimum atomic E-state index is -5.31. The van der Waals surface area contributed by atoms with Gasteiger partial charge >= 0.3 is 15.5 Å². The van der Waals surface area contributed by atoms with E-state index >= 15 is 0 Å². The molecule has 0 aromatic carbocycles. The molecular formula is C12H16F3N7O2S. The Labute approximate surface area is 141 Å². The van der Waals surface area contributed by atoms with Crippen LogP contribution < -0.4 is 10.5 Å². The van der Waals surface area contributed by atoms with Crippen molar-refractivity contribution >= 4 is 15.8 Å². The average Bonchev–Trinajstić information content (AvgIpc) is 2.93. The number of aromatic nitrogens is 5. The zero-order valence-electron chi connectivity index (χ0n) is 13.2. The first kappa shape index (κ1) is 19.1. The quantitative estimate of drug-likeness (QED) is 0.665. The number of nitrogens with two attached hydrogens (primary N) is 1. The molecule has 2 rings (SSSR count). The molecule has 0 atom stereocenters. The molecule has 0 amide bonds. The Balaban J connectivity index is 1.86. The molecule has 0 unspecified atom stereocenters. The van der Waals surface area contributed by atoms with E-state index < -0.39 is 15.5 Å². The number of nitrogen functional groups attached to an aromatic ring is 1. The molecule has 0 radical (unpaired) electrons. The van der Waals surface area contributed by atoms with E-state index in [1.165, 1.54) is 9.40 Å². The van der Waals surface area contributed by atoms with Crippen molar-refractivity contribution in [1.82, 2.24) is 29.7 Å². The number of aryl methyl sites for hydroxylation is 2. The second-order valence-electron chi connectivity index (χ2n) is 5.18. The third-order valence-electron chi connectivity index (χ3n) is 3.14. The molecule has 2 aromatic rings. The van der Waals surface area contributed by atoms with Gasteiger partial charge in [0.1, 0.15) is 11.6 Å². The Morgan fingerprint density at radius 1 is 1.36 bits per heavy atom. The number of hydrogen-bond acceptors (Lipinski definition) is 7. The lowest BCUT2D eigenvalue weighted by molar-refractivity contribution is -0.0447. The summed E-state index contributed by atoms with van der Waals surface area (Å²) in [4.78, 5) is 8.06. The molecule has 0 fully saturated rings. The highest BCUT2D eigenvalue weighted by Gasteiger charge is 2.45. The number of nitrogens with zero attached hydrogens (tertiary/aromatic N) is 5. The van der Waals surface area contributed by atoms with Gasteiger partial charge < -0.3 is 5.73 Å². The van der Waals surface area contributed by atoms with Gasteiger partial charge in [-0.25, -0.2) is 27.8 Å². The lowest BCUT2D eigenvalue weighted by Crippen LogP contribution is -2.37.